The fourth-order valence-corrected chi connectivity index (χ4v) is 1.56. The molecule has 0 aliphatic carbocycles. The van der Waals surface area contributed by atoms with Crippen LogP contribution in [0.25, 0.3) is 0 Å². The summed E-state index contributed by atoms with van der Waals surface area (Å²) in [6.07, 6.45) is 0.731. The van der Waals surface area contributed by atoms with Crippen LogP contribution in [-0.2, 0) is 4.79 Å². The van der Waals surface area contributed by atoms with E-state index in [1.165, 1.54) is 0 Å². The molecule has 16 heavy (non-hydrogen) atoms. The van der Waals surface area contributed by atoms with Gasteiger partial charge in [0.1, 0.15) is 0 Å². The molecule has 4 nitrogen and oxygen atoms in total. The summed E-state index contributed by atoms with van der Waals surface area (Å²) < 4.78 is 0. The average Bonchev–Trinajstić information content (AvgIpc) is 2.12. The lowest BCUT2D eigenvalue weighted by atomic mass is 9.95. The number of carbonyl (C=O) groups is 1. The molecule has 96 valence electrons. The molecule has 0 aromatic heterocycles. The third kappa shape index (κ3) is 4.94. The van der Waals surface area contributed by atoms with Crippen molar-refractivity contribution in [2.75, 3.05) is 13.6 Å². The molecule has 0 aromatic rings. The molecule has 0 fully saturated rings. The van der Waals surface area contributed by atoms with Crippen molar-refractivity contribution in [3.63, 3.8) is 0 Å². The van der Waals surface area contributed by atoms with Gasteiger partial charge in [-0.15, -0.1) is 0 Å². The van der Waals surface area contributed by atoms with Crippen molar-refractivity contribution in [1.82, 2.24) is 10.2 Å². The average molecular weight is 229 g/mol. The van der Waals surface area contributed by atoms with Crippen molar-refractivity contribution in [2.45, 2.75) is 58.7 Å². The highest BCUT2D eigenvalue weighted by molar-refractivity contribution is 5.84. The summed E-state index contributed by atoms with van der Waals surface area (Å²) in [5, 5.41) is 3.25. The van der Waals surface area contributed by atoms with Crippen LogP contribution in [0, 0.1) is 0 Å². The Kier molecular flexibility index (Phi) is 5.97. The quantitative estimate of drug-likeness (QED) is 0.683. The zero-order chi connectivity index (χ0) is 12.9. The maximum absolute atomic E-state index is 11.5. The number of amides is 1. The van der Waals surface area contributed by atoms with Crippen LogP contribution in [0.5, 0.6) is 0 Å². The van der Waals surface area contributed by atoms with Crippen LogP contribution in [-0.4, -0.2) is 42.0 Å². The molecule has 0 saturated carbocycles. The minimum absolute atomic E-state index is 0.252. The van der Waals surface area contributed by atoms with Gasteiger partial charge < -0.3 is 16.0 Å². The van der Waals surface area contributed by atoms with Crippen LogP contribution >= 0.6 is 0 Å². The standard InChI is InChI=1S/C12H27N3O/c1-9(2)14-12(5,11(13)16)7-8-15(6)10(3)4/h9-10,14H,7-8H2,1-6H3,(H2,13,16). The first-order valence-corrected chi connectivity index (χ1v) is 5.97. The Morgan fingerprint density at radius 1 is 1.38 bits per heavy atom. The van der Waals surface area contributed by atoms with Crippen LogP contribution in [0.4, 0.5) is 0 Å². The summed E-state index contributed by atoms with van der Waals surface area (Å²) in [4.78, 5) is 13.7. The van der Waals surface area contributed by atoms with Gasteiger partial charge in [-0.25, -0.2) is 0 Å². The molecule has 0 saturated heterocycles. The van der Waals surface area contributed by atoms with Gasteiger partial charge in [0, 0.05) is 18.6 Å². The van der Waals surface area contributed by atoms with Gasteiger partial charge in [0.05, 0.1) is 5.54 Å². The molecular weight excluding hydrogens is 202 g/mol. The third-order valence-electron chi connectivity index (χ3n) is 3.00. The molecule has 1 amide bonds. The molecule has 1 atom stereocenters. The summed E-state index contributed by atoms with van der Waals surface area (Å²) >= 11 is 0. The van der Waals surface area contributed by atoms with Crippen LogP contribution < -0.4 is 11.1 Å². The van der Waals surface area contributed by atoms with Crippen LogP contribution in [0.15, 0.2) is 0 Å². The first-order valence-electron chi connectivity index (χ1n) is 5.97. The van der Waals surface area contributed by atoms with Crippen molar-refractivity contribution in [3.8, 4) is 0 Å². The lowest BCUT2D eigenvalue weighted by Crippen LogP contribution is -2.56. The van der Waals surface area contributed by atoms with Gasteiger partial charge in [0.25, 0.3) is 0 Å². The van der Waals surface area contributed by atoms with Gasteiger partial charge in [-0.3, -0.25) is 4.79 Å². The maximum atomic E-state index is 11.5. The van der Waals surface area contributed by atoms with E-state index in [9.17, 15) is 4.79 Å². The number of hydrogen-bond donors (Lipinski definition) is 2. The highest BCUT2D eigenvalue weighted by Gasteiger charge is 2.31. The normalized spacial score (nSPS) is 15.8. The molecular formula is C12H27N3O. The topological polar surface area (TPSA) is 58.4 Å². The van der Waals surface area contributed by atoms with Crippen molar-refractivity contribution in [2.24, 2.45) is 5.73 Å². The monoisotopic (exact) mass is 229 g/mol. The van der Waals surface area contributed by atoms with Crippen molar-refractivity contribution < 1.29 is 4.79 Å². The molecule has 0 radical (unpaired) electrons. The Morgan fingerprint density at radius 2 is 1.88 bits per heavy atom. The lowest BCUT2D eigenvalue weighted by Gasteiger charge is -2.32. The van der Waals surface area contributed by atoms with Gasteiger partial charge in [-0.05, 0) is 48.1 Å². The molecule has 0 aromatic carbocycles. The predicted molar refractivity (Wildman–Crippen MR) is 68.3 cm³/mol. The third-order valence-corrected chi connectivity index (χ3v) is 3.00. The highest BCUT2D eigenvalue weighted by atomic mass is 16.1. The Hall–Kier alpha value is -0.610. The van der Waals surface area contributed by atoms with Gasteiger partial charge in [-0.1, -0.05) is 0 Å². The van der Waals surface area contributed by atoms with Gasteiger partial charge in [-0.2, -0.15) is 0 Å². The Labute approximate surface area is 99.6 Å². The maximum Gasteiger partial charge on any atom is 0.237 e. The van der Waals surface area contributed by atoms with Gasteiger partial charge >= 0.3 is 0 Å². The number of primary amides is 1. The summed E-state index contributed by atoms with van der Waals surface area (Å²) in [7, 11) is 2.06. The summed E-state index contributed by atoms with van der Waals surface area (Å²) in [5.74, 6) is -0.279. The second-order valence-electron chi connectivity index (χ2n) is 5.32. The number of hydrogen-bond acceptors (Lipinski definition) is 3. The zero-order valence-corrected chi connectivity index (χ0v) is 11.5. The molecule has 0 spiro atoms. The molecule has 0 aliphatic heterocycles. The van der Waals surface area contributed by atoms with Crippen molar-refractivity contribution >= 4 is 5.91 Å². The minimum Gasteiger partial charge on any atom is -0.368 e. The summed E-state index contributed by atoms with van der Waals surface area (Å²) in [6.45, 7) is 11.1. The van der Waals surface area contributed by atoms with E-state index in [2.05, 4.69) is 31.1 Å². The number of nitrogens with zero attached hydrogens (tertiary/aromatic N) is 1. The molecule has 0 rings (SSSR count). The molecule has 0 bridgehead atoms. The van der Waals surface area contributed by atoms with E-state index in [1.807, 2.05) is 20.8 Å². The van der Waals surface area contributed by atoms with E-state index < -0.39 is 5.54 Å². The van der Waals surface area contributed by atoms with Gasteiger partial charge in [0.2, 0.25) is 5.91 Å². The smallest absolute Gasteiger partial charge is 0.237 e. The molecule has 3 N–H and O–H groups in total. The van der Waals surface area contributed by atoms with E-state index in [1.54, 1.807) is 0 Å². The molecule has 0 aliphatic rings. The number of nitrogens with one attached hydrogen (secondary N) is 1. The molecule has 0 heterocycles. The molecule has 1 unspecified atom stereocenters. The fourth-order valence-electron chi connectivity index (χ4n) is 1.56. The zero-order valence-electron chi connectivity index (χ0n) is 11.5. The Morgan fingerprint density at radius 3 is 2.19 bits per heavy atom. The Balaban J connectivity index is 4.40. The van der Waals surface area contributed by atoms with Crippen LogP contribution in [0.3, 0.4) is 0 Å². The van der Waals surface area contributed by atoms with E-state index in [4.69, 9.17) is 5.73 Å². The lowest BCUT2D eigenvalue weighted by molar-refractivity contribution is -0.124. The second kappa shape index (κ2) is 6.21. The van der Waals surface area contributed by atoms with E-state index >= 15 is 0 Å². The summed E-state index contributed by atoms with van der Waals surface area (Å²) in [5.41, 5.74) is 4.85. The highest BCUT2D eigenvalue weighted by Crippen LogP contribution is 2.12. The van der Waals surface area contributed by atoms with Crippen LogP contribution in [0.1, 0.15) is 41.0 Å². The first kappa shape index (κ1) is 15.4. The second-order valence-corrected chi connectivity index (χ2v) is 5.32. The van der Waals surface area contributed by atoms with Gasteiger partial charge in [0.15, 0.2) is 0 Å². The largest absolute Gasteiger partial charge is 0.368 e. The van der Waals surface area contributed by atoms with Crippen molar-refractivity contribution in [1.29, 1.82) is 0 Å². The van der Waals surface area contributed by atoms with E-state index in [0.29, 0.717) is 6.04 Å². The minimum atomic E-state index is -0.614. The molecule has 4 heteroatoms. The first-order chi connectivity index (χ1) is 7.19. The predicted octanol–water partition coefficient (Wildman–Crippen LogP) is 0.959. The number of nitrogens with two attached hydrogens (primary N) is 1. The summed E-state index contributed by atoms with van der Waals surface area (Å²) in [6, 6.07) is 0.734. The number of rotatable bonds is 7. The number of carbonyl (C=O) groups excluding carboxylic acids is 1. The van der Waals surface area contributed by atoms with E-state index in [0.717, 1.165) is 13.0 Å². The Bertz CT molecular complexity index is 228. The van der Waals surface area contributed by atoms with E-state index in [-0.39, 0.29) is 11.9 Å². The fraction of sp³-hybridized carbons (Fsp3) is 0.917. The van der Waals surface area contributed by atoms with Crippen molar-refractivity contribution in [3.05, 3.63) is 0 Å². The SMILES string of the molecule is CC(C)NC(C)(CCN(C)C(C)C)C(N)=O. The van der Waals surface area contributed by atoms with Crippen LogP contribution in [0.2, 0.25) is 0 Å².